The summed E-state index contributed by atoms with van der Waals surface area (Å²) in [6.45, 7) is 11.8. The molecule has 0 atom stereocenters. The molecule has 0 aromatic rings. The zero-order valence-electron chi connectivity index (χ0n) is 10.9. The van der Waals surface area contributed by atoms with Gasteiger partial charge in [-0.1, -0.05) is 47.5 Å². The molecule has 0 saturated carbocycles. The van der Waals surface area contributed by atoms with Crippen molar-refractivity contribution in [3.05, 3.63) is 0 Å². The molecule has 0 aliphatic carbocycles. The molecule has 0 aromatic heterocycles. The predicted molar refractivity (Wildman–Crippen MR) is 70.8 cm³/mol. The normalized spacial score (nSPS) is 12.4. The van der Waals surface area contributed by atoms with Gasteiger partial charge in [0, 0.05) is 0 Å². The van der Waals surface area contributed by atoms with E-state index in [0.717, 1.165) is 0 Å². The lowest BCUT2D eigenvalue weighted by Gasteiger charge is -2.26. The summed E-state index contributed by atoms with van der Waals surface area (Å²) in [7, 11) is 0.340. The van der Waals surface area contributed by atoms with Gasteiger partial charge in [-0.25, -0.2) is 0 Å². The Morgan fingerprint density at radius 3 is 1.57 bits per heavy atom. The third-order valence-corrected chi connectivity index (χ3v) is 5.65. The highest BCUT2D eigenvalue weighted by Crippen LogP contribution is 2.43. The highest BCUT2D eigenvalue weighted by Gasteiger charge is 2.17. The molecule has 1 heteroatoms. The number of unbranched alkanes of at least 4 members (excludes halogenated alkanes) is 2. The monoisotopic (exact) mass is 216 g/mol. The van der Waals surface area contributed by atoms with E-state index < -0.39 is 0 Å². The lowest BCUT2D eigenvalue weighted by Crippen LogP contribution is -2.12. The molecule has 0 heterocycles. The van der Waals surface area contributed by atoms with E-state index in [9.17, 15) is 0 Å². The fraction of sp³-hybridized carbons (Fsp3) is 1.00. The molecule has 0 nitrogen and oxygen atoms in total. The maximum Gasteiger partial charge on any atom is -0.0277 e. The number of hydrogen-bond donors (Lipinski definition) is 0. The molecule has 0 radical (unpaired) electrons. The molecule has 0 amide bonds. The van der Waals surface area contributed by atoms with Gasteiger partial charge in [-0.2, -0.15) is 0 Å². The average Bonchev–Trinajstić information content (AvgIpc) is 2.07. The molecule has 0 unspecified atom stereocenters. The van der Waals surface area contributed by atoms with Crippen molar-refractivity contribution in [1.82, 2.24) is 0 Å². The summed E-state index contributed by atoms with van der Waals surface area (Å²) in [5, 5.41) is 0. The van der Waals surface area contributed by atoms with Gasteiger partial charge in [0.2, 0.25) is 0 Å². The Labute approximate surface area is 92.6 Å². The van der Waals surface area contributed by atoms with E-state index >= 15 is 0 Å². The minimum Gasteiger partial charge on any atom is -0.106 e. The summed E-state index contributed by atoms with van der Waals surface area (Å²) in [6, 6.07) is 0. The van der Waals surface area contributed by atoms with Gasteiger partial charge in [0.15, 0.2) is 0 Å². The number of rotatable bonds is 7. The van der Waals surface area contributed by atoms with Crippen molar-refractivity contribution >= 4 is 7.92 Å². The van der Waals surface area contributed by atoms with Gasteiger partial charge < -0.3 is 0 Å². The SMILES string of the molecule is CCCCP(CCCC)CC(C)(C)C. The fourth-order valence-corrected chi connectivity index (χ4v) is 5.11. The summed E-state index contributed by atoms with van der Waals surface area (Å²) in [5.74, 6) is 0. The number of hydrogen-bond acceptors (Lipinski definition) is 0. The molecule has 0 bridgehead atoms. The second-order valence-corrected chi connectivity index (χ2v) is 8.10. The topological polar surface area (TPSA) is 0 Å². The first-order chi connectivity index (χ1) is 6.49. The summed E-state index contributed by atoms with van der Waals surface area (Å²) in [4.78, 5) is 0. The van der Waals surface area contributed by atoms with Crippen LogP contribution in [0.5, 0.6) is 0 Å². The summed E-state index contributed by atoms with van der Waals surface area (Å²) < 4.78 is 0. The zero-order valence-corrected chi connectivity index (χ0v) is 11.8. The Bertz CT molecular complexity index is 116. The Morgan fingerprint density at radius 2 is 1.29 bits per heavy atom. The minimum absolute atomic E-state index is 0.340. The van der Waals surface area contributed by atoms with Crippen LogP contribution in [0.4, 0.5) is 0 Å². The molecule has 0 aromatic carbocycles. The van der Waals surface area contributed by atoms with E-state index in [-0.39, 0.29) is 0 Å². The maximum atomic E-state index is 2.39. The summed E-state index contributed by atoms with van der Waals surface area (Å²) in [6.07, 6.45) is 10.1. The van der Waals surface area contributed by atoms with Crippen LogP contribution in [0, 0.1) is 5.41 Å². The fourth-order valence-electron chi connectivity index (χ4n) is 1.70. The molecule has 0 saturated heterocycles. The average molecular weight is 216 g/mol. The molecule has 14 heavy (non-hydrogen) atoms. The van der Waals surface area contributed by atoms with Gasteiger partial charge in [0.05, 0.1) is 0 Å². The van der Waals surface area contributed by atoms with Crippen LogP contribution >= 0.6 is 7.92 Å². The van der Waals surface area contributed by atoms with E-state index in [4.69, 9.17) is 0 Å². The molecule has 0 fully saturated rings. The Morgan fingerprint density at radius 1 is 0.857 bits per heavy atom. The second kappa shape index (κ2) is 7.69. The minimum atomic E-state index is 0.340. The molecular weight excluding hydrogens is 187 g/mol. The maximum absolute atomic E-state index is 2.39. The van der Waals surface area contributed by atoms with Crippen LogP contribution < -0.4 is 0 Å². The third-order valence-electron chi connectivity index (χ3n) is 2.35. The molecule has 0 rings (SSSR count). The largest absolute Gasteiger partial charge is 0.106 e. The van der Waals surface area contributed by atoms with E-state index in [1.54, 1.807) is 0 Å². The second-order valence-electron chi connectivity index (χ2n) is 5.54. The first-order valence-electron chi connectivity index (χ1n) is 6.22. The van der Waals surface area contributed by atoms with E-state index in [0.29, 0.717) is 13.3 Å². The van der Waals surface area contributed by atoms with Crippen LogP contribution in [0.3, 0.4) is 0 Å². The van der Waals surface area contributed by atoms with E-state index in [2.05, 4.69) is 34.6 Å². The van der Waals surface area contributed by atoms with Gasteiger partial charge >= 0.3 is 0 Å². The van der Waals surface area contributed by atoms with Gasteiger partial charge in [-0.3, -0.25) is 0 Å². The van der Waals surface area contributed by atoms with Gasteiger partial charge in [-0.15, -0.1) is 7.92 Å². The molecule has 86 valence electrons. The van der Waals surface area contributed by atoms with E-state index in [1.165, 1.54) is 44.2 Å². The summed E-state index contributed by atoms with van der Waals surface area (Å²) >= 11 is 0. The molecule has 0 N–H and O–H groups in total. The van der Waals surface area contributed by atoms with Crippen molar-refractivity contribution in [3.63, 3.8) is 0 Å². The van der Waals surface area contributed by atoms with Crippen LogP contribution in [-0.4, -0.2) is 18.5 Å². The Balaban J connectivity index is 3.84. The lowest BCUT2D eigenvalue weighted by atomic mass is 10.0. The van der Waals surface area contributed by atoms with Gasteiger partial charge in [0.1, 0.15) is 0 Å². The molecule has 0 aliphatic heterocycles. The predicted octanol–water partition coefficient (Wildman–Crippen LogP) is 5.11. The van der Waals surface area contributed by atoms with Crippen LogP contribution in [0.1, 0.15) is 60.3 Å². The first kappa shape index (κ1) is 14.4. The highest BCUT2D eigenvalue weighted by atomic mass is 31.1. The zero-order chi connectivity index (χ0) is 11.0. The van der Waals surface area contributed by atoms with Crippen molar-refractivity contribution in [2.24, 2.45) is 5.41 Å². The van der Waals surface area contributed by atoms with Crippen LogP contribution in [-0.2, 0) is 0 Å². The third kappa shape index (κ3) is 9.00. The van der Waals surface area contributed by atoms with Crippen LogP contribution in [0.25, 0.3) is 0 Å². The van der Waals surface area contributed by atoms with Crippen molar-refractivity contribution in [1.29, 1.82) is 0 Å². The van der Waals surface area contributed by atoms with E-state index in [1.807, 2.05) is 0 Å². The Kier molecular flexibility index (Phi) is 7.92. The van der Waals surface area contributed by atoms with Crippen molar-refractivity contribution in [2.75, 3.05) is 18.5 Å². The Hall–Kier alpha value is 0.430. The van der Waals surface area contributed by atoms with Gasteiger partial charge in [0.25, 0.3) is 0 Å². The van der Waals surface area contributed by atoms with Crippen LogP contribution in [0.2, 0.25) is 0 Å². The smallest absolute Gasteiger partial charge is 0.0277 e. The molecule has 0 aliphatic rings. The van der Waals surface area contributed by atoms with Gasteiger partial charge in [-0.05, 0) is 36.7 Å². The first-order valence-corrected chi connectivity index (χ1v) is 8.11. The van der Waals surface area contributed by atoms with Crippen molar-refractivity contribution in [3.8, 4) is 0 Å². The lowest BCUT2D eigenvalue weighted by molar-refractivity contribution is 0.476. The molecular formula is C13H29P. The van der Waals surface area contributed by atoms with Crippen molar-refractivity contribution < 1.29 is 0 Å². The quantitative estimate of drug-likeness (QED) is 0.518. The molecule has 0 spiro atoms. The standard InChI is InChI=1S/C13H29P/c1-6-8-10-14(11-9-7-2)12-13(3,4)5/h6-12H2,1-5H3. The van der Waals surface area contributed by atoms with Crippen molar-refractivity contribution in [2.45, 2.75) is 60.3 Å². The van der Waals surface area contributed by atoms with Crippen LogP contribution in [0.15, 0.2) is 0 Å². The highest BCUT2D eigenvalue weighted by molar-refractivity contribution is 7.57. The summed E-state index contributed by atoms with van der Waals surface area (Å²) in [5.41, 5.74) is 0.549.